The van der Waals surface area contributed by atoms with Crippen molar-refractivity contribution in [1.82, 2.24) is 5.32 Å². The van der Waals surface area contributed by atoms with Crippen LogP contribution in [0.3, 0.4) is 0 Å². The molecular formula is C16H24INO. The molecule has 19 heavy (non-hydrogen) atoms. The summed E-state index contributed by atoms with van der Waals surface area (Å²) in [5.74, 6) is 0. The molecule has 1 saturated heterocycles. The smallest absolute Gasteiger partial charge is 0.0471 e. The molecule has 1 aromatic rings. The van der Waals surface area contributed by atoms with E-state index in [1.54, 1.807) is 0 Å². The van der Waals surface area contributed by atoms with Crippen molar-refractivity contribution in [2.24, 2.45) is 5.41 Å². The zero-order valence-electron chi connectivity index (χ0n) is 11.8. The molecule has 1 aliphatic heterocycles. The number of rotatable bonds is 6. The summed E-state index contributed by atoms with van der Waals surface area (Å²) in [6.07, 6.45) is 4.73. The van der Waals surface area contributed by atoms with Gasteiger partial charge < -0.3 is 10.1 Å². The van der Waals surface area contributed by atoms with Crippen LogP contribution in [-0.2, 0) is 11.2 Å². The summed E-state index contributed by atoms with van der Waals surface area (Å²) in [6, 6.07) is 8.97. The zero-order chi connectivity index (χ0) is 13.6. The van der Waals surface area contributed by atoms with Crippen molar-refractivity contribution in [2.75, 3.05) is 26.3 Å². The minimum atomic E-state index is 0.389. The number of benzene rings is 1. The average molecular weight is 373 g/mol. The van der Waals surface area contributed by atoms with Crippen LogP contribution in [0.4, 0.5) is 0 Å². The van der Waals surface area contributed by atoms with E-state index in [1.807, 2.05) is 0 Å². The Bertz CT molecular complexity index is 371. The van der Waals surface area contributed by atoms with Gasteiger partial charge >= 0.3 is 0 Å². The van der Waals surface area contributed by atoms with Crippen molar-refractivity contribution in [3.05, 3.63) is 33.4 Å². The van der Waals surface area contributed by atoms with Gasteiger partial charge in [0.25, 0.3) is 0 Å². The van der Waals surface area contributed by atoms with Gasteiger partial charge in [0.1, 0.15) is 0 Å². The predicted molar refractivity (Wildman–Crippen MR) is 88.5 cm³/mol. The first-order valence-corrected chi connectivity index (χ1v) is 8.35. The summed E-state index contributed by atoms with van der Waals surface area (Å²) in [6.45, 7) is 6.30. The van der Waals surface area contributed by atoms with Crippen molar-refractivity contribution < 1.29 is 4.74 Å². The lowest BCUT2D eigenvalue weighted by atomic mass is 9.75. The van der Waals surface area contributed by atoms with Crippen molar-refractivity contribution in [3.8, 4) is 0 Å². The minimum absolute atomic E-state index is 0.389. The third kappa shape index (κ3) is 4.72. The topological polar surface area (TPSA) is 21.3 Å². The highest BCUT2D eigenvalue weighted by atomic mass is 127. The fourth-order valence-corrected chi connectivity index (χ4v) is 3.15. The Balaban J connectivity index is 2.01. The van der Waals surface area contributed by atoms with Crippen molar-refractivity contribution in [3.63, 3.8) is 0 Å². The molecular weight excluding hydrogens is 349 g/mol. The van der Waals surface area contributed by atoms with E-state index in [-0.39, 0.29) is 0 Å². The Morgan fingerprint density at radius 1 is 1.21 bits per heavy atom. The average Bonchev–Trinajstić information content (AvgIpc) is 2.43. The predicted octanol–water partition coefficient (Wildman–Crippen LogP) is 3.63. The molecule has 1 aliphatic rings. The molecule has 0 atom stereocenters. The number of ether oxygens (including phenoxy) is 1. The number of nitrogens with one attached hydrogen (secondary N) is 1. The van der Waals surface area contributed by atoms with E-state index in [0.29, 0.717) is 5.41 Å². The molecule has 0 radical (unpaired) electrons. The van der Waals surface area contributed by atoms with Crippen LogP contribution < -0.4 is 5.32 Å². The minimum Gasteiger partial charge on any atom is -0.381 e. The number of hydrogen-bond acceptors (Lipinski definition) is 2. The molecule has 3 heteroatoms. The Kier molecular flexibility index (Phi) is 6.10. The van der Waals surface area contributed by atoms with Crippen LogP contribution >= 0.6 is 22.6 Å². The summed E-state index contributed by atoms with van der Waals surface area (Å²) in [7, 11) is 0. The Morgan fingerprint density at radius 3 is 2.53 bits per heavy atom. The highest BCUT2D eigenvalue weighted by Gasteiger charge is 2.32. The van der Waals surface area contributed by atoms with E-state index in [1.165, 1.54) is 34.8 Å². The molecule has 0 aliphatic carbocycles. The molecule has 1 N–H and O–H groups in total. The maximum absolute atomic E-state index is 5.56. The fourth-order valence-electron chi connectivity index (χ4n) is 2.79. The van der Waals surface area contributed by atoms with Crippen LogP contribution in [0.1, 0.15) is 31.7 Å². The van der Waals surface area contributed by atoms with Crippen molar-refractivity contribution in [2.45, 2.75) is 32.6 Å². The van der Waals surface area contributed by atoms with Crippen LogP contribution in [0.2, 0.25) is 0 Å². The molecule has 2 nitrogen and oxygen atoms in total. The van der Waals surface area contributed by atoms with Gasteiger partial charge in [-0.1, -0.05) is 19.1 Å². The molecule has 106 valence electrons. The molecule has 0 saturated carbocycles. The van der Waals surface area contributed by atoms with Crippen LogP contribution in [-0.4, -0.2) is 26.3 Å². The standard InChI is InChI=1S/C16H24INO/c1-2-9-18-13-16(7-10-19-11-8-16)12-14-3-5-15(17)6-4-14/h3-6,18H,2,7-13H2,1H3. The van der Waals surface area contributed by atoms with E-state index < -0.39 is 0 Å². The van der Waals surface area contributed by atoms with Crippen LogP contribution in [0, 0.1) is 8.99 Å². The van der Waals surface area contributed by atoms with Gasteiger partial charge in [0.15, 0.2) is 0 Å². The lowest BCUT2D eigenvalue weighted by Crippen LogP contribution is -2.41. The van der Waals surface area contributed by atoms with E-state index in [9.17, 15) is 0 Å². The molecule has 0 unspecified atom stereocenters. The second-order valence-corrected chi connectivity index (χ2v) is 6.84. The molecule has 0 bridgehead atoms. The van der Waals surface area contributed by atoms with Crippen LogP contribution in [0.15, 0.2) is 24.3 Å². The number of hydrogen-bond donors (Lipinski definition) is 1. The van der Waals surface area contributed by atoms with E-state index in [4.69, 9.17) is 4.74 Å². The number of halogens is 1. The first kappa shape index (κ1) is 15.3. The zero-order valence-corrected chi connectivity index (χ0v) is 13.9. The largest absolute Gasteiger partial charge is 0.381 e. The van der Waals surface area contributed by atoms with Gasteiger partial charge in [-0.3, -0.25) is 0 Å². The third-order valence-corrected chi connectivity index (χ3v) is 4.69. The normalized spacial score (nSPS) is 18.4. The highest BCUT2D eigenvalue weighted by Crippen LogP contribution is 2.34. The van der Waals surface area contributed by atoms with Crippen molar-refractivity contribution >= 4 is 22.6 Å². The van der Waals surface area contributed by atoms with Gasteiger partial charge in [0, 0.05) is 23.3 Å². The fraction of sp³-hybridized carbons (Fsp3) is 0.625. The quantitative estimate of drug-likeness (QED) is 0.608. The lowest BCUT2D eigenvalue weighted by Gasteiger charge is -2.37. The van der Waals surface area contributed by atoms with Crippen LogP contribution in [0.5, 0.6) is 0 Å². The molecule has 0 spiro atoms. The van der Waals surface area contributed by atoms with Gasteiger partial charge in [-0.25, -0.2) is 0 Å². The molecule has 0 amide bonds. The second kappa shape index (κ2) is 7.60. The summed E-state index contributed by atoms with van der Waals surface area (Å²) in [5, 5.41) is 3.62. The molecule has 2 rings (SSSR count). The molecule has 1 aromatic carbocycles. The molecule has 1 heterocycles. The van der Waals surface area contributed by atoms with Crippen LogP contribution in [0.25, 0.3) is 0 Å². The Labute approximate surface area is 130 Å². The van der Waals surface area contributed by atoms with Gasteiger partial charge in [-0.15, -0.1) is 0 Å². The SMILES string of the molecule is CCCNCC1(Cc2ccc(I)cc2)CCOCC1. The van der Waals surface area contributed by atoms with Gasteiger partial charge in [0.05, 0.1) is 0 Å². The van der Waals surface area contributed by atoms with Gasteiger partial charge in [-0.2, -0.15) is 0 Å². The van der Waals surface area contributed by atoms with E-state index in [0.717, 1.165) is 26.3 Å². The van der Waals surface area contributed by atoms with E-state index >= 15 is 0 Å². The highest BCUT2D eigenvalue weighted by molar-refractivity contribution is 14.1. The summed E-state index contributed by atoms with van der Waals surface area (Å²) >= 11 is 2.37. The van der Waals surface area contributed by atoms with Gasteiger partial charge in [-0.05, 0) is 77.9 Å². The third-order valence-electron chi connectivity index (χ3n) is 3.97. The first-order valence-electron chi connectivity index (χ1n) is 7.27. The van der Waals surface area contributed by atoms with Gasteiger partial charge in [0.2, 0.25) is 0 Å². The Morgan fingerprint density at radius 2 is 1.89 bits per heavy atom. The van der Waals surface area contributed by atoms with Crippen molar-refractivity contribution in [1.29, 1.82) is 0 Å². The first-order chi connectivity index (χ1) is 9.24. The second-order valence-electron chi connectivity index (χ2n) is 5.59. The monoisotopic (exact) mass is 373 g/mol. The summed E-state index contributed by atoms with van der Waals surface area (Å²) in [5.41, 5.74) is 1.85. The molecule has 1 fully saturated rings. The molecule has 0 aromatic heterocycles. The maximum Gasteiger partial charge on any atom is 0.0471 e. The summed E-state index contributed by atoms with van der Waals surface area (Å²) in [4.78, 5) is 0. The van der Waals surface area contributed by atoms with E-state index in [2.05, 4.69) is 59.1 Å². The lowest BCUT2D eigenvalue weighted by molar-refractivity contribution is 0.0150. The summed E-state index contributed by atoms with van der Waals surface area (Å²) < 4.78 is 6.87. The Hall–Kier alpha value is -0.130. The maximum atomic E-state index is 5.56.